The lowest BCUT2D eigenvalue weighted by atomic mass is 9.94. The van der Waals surface area contributed by atoms with Crippen LogP contribution in [0, 0.1) is 17.1 Å². The first-order valence-corrected chi connectivity index (χ1v) is 13.2. The van der Waals surface area contributed by atoms with Gasteiger partial charge in [0.15, 0.2) is 5.82 Å². The zero-order valence-electron chi connectivity index (χ0n) is 21.9. The average molecular weight is 520 g/mol. The first kappa shape index (κ1) is 24.9. The van der Waals surface area contributed by atoms with Crippen molar-refractivity contribution in [2.75, 3.05) is 73.6 Å². The Kier molecular flexibility index (Phi) is 6.34. The molecule has 6 rings (SSSR count). The van der Waals surface area contributed by atoms with Gasteiger partial charge >= 0.3 is 0 Å². The summed E-state index contributed by atoms with van der Waals surface area (Å²) in [7, 11) is 0. The van der Waals surface area contributed by atoms with Crippen molar-refractivity contribution in [3.8, 4) is 6.07 Å². The third-order valence-electron chi connectivity index (χ3n) is 7.74. The molecule has 3 aromatic heterocycles. The van der Waals surface area contributed by atoms with Gasteiger partial charge in [-0.25, -0.2) is 13.9 Å². The number of fused-ring (bicyclic) bond motifs is 1. The second-order valence-corrected chi connectivity index (χ2v) is 11.1. The van der Waals surface area contributed by atoms with E-state index in [1.165, 1.54) is 10.7 Å². The van der Waals surface area contributed by atoms with Crippen LogP contribution in [0.15, 0.2) is 36.7 Å². The van der Waals surface area contributed by atoms with Gasteiger partial charge in [0.05, 0.1) is 36.0 Å². The molecule has 0 aromatic carbocycles. The number of hydrogen-bond donors (Lipinski definition) is 1. The van der Waals surface area contributed by atoms with Gasteiger partial charge in [-0.05, 0) is 38.1 Å². The van der Waals surface area contributed by atoms with E-state index in [1.807, 2.05) is 12.3 Å². The molecule has 0 spiro atoms. The van der Waals surface area contributed by atoms with Gasteiger partial charge in [0, 0.05) is 64.4 Å². The van der Waals surface area contributed by atoms with Crippen LogP contribution >= 0.6 is 0 Å². The molecule has 0 aliphatic carbocycles. The fourth-order valence-electron chi connectivity index (χ4n) is 5.95. The Morgan fingerprint density at radius 1 is 1.08 bits per heavy atom. The van der Waals surface area contributed by atoms with Crippen molar-refractivity contribution >= 4 is 22.7 Å². The number of rotatable bonds is 5. The second kappa shape index (κ2) is 9.69. The van der Waals surface area contributed by atoms with E-state index in [0.717, 1.165) is 63.0 Å². The van der Waals surface area contributed by atoms with Crippen LogP contribution in [0.1, 0.15) is 19.5 Å². The van der Waals surface area contributed by atoms with Crippen molar-refractivity contribution in [3.63, 3.8) is 0 Å². The fourth-order valence-corrected chi connectivity index (χ4v) is 5.95. The third kappa shape index (κ3) is 4.75. The van der Waals surface area contributed by atoms with E-state index in [-0.39, 0.29) is 17.7 Å². The van der Waals surface area contributed by atoms with Crippen molar-refractivity contribution in [3.05, 3.63) is 48.2 Å². The quantitative estimate of drug-likeness (QED) is 0.540. The first-order valence-electron chi connectivity index (χ1n) is 13.2. The van der Waals surface area contributed by atoms with E-state index in [0.29, 0.717) is 24.3 Å². The monoisotopic (exact) mass is 519 g/mol. The maximum absolute atomic E-state index is 14.7. The summed E-state index contributed by atoms with van der Waals surface area (Å²) in [6.45, 7) is 11.6. The summed E-state index contributed by atoms with van der Waals surface area (Å²) in [4.78, 5) is 13.9. The molecule has 0 bridgehead atoms. The Hall–Kier alpha value is -3.46. The summed E-state index contributed by atoms with van der Waals surface area (Å²) in [6.07, 6.45) is 3.14. The zero-order chi connectivity index (χ0) is 26.4. The smallest absolute Gasteiger partial charge is 0.171 e. The van der Waals surface area contributed by atoms with Crippen LogP contribution in [0.5, 0.6) is 0 Å². The van der Waals surface area contributed by atoms with E-state index in [4.69, 9.17) is 10.5 Å². The van der Waals surface area contributed by atoms with E-state index in [2.05, 4.69) is 61.7 Å². The summed E-state index contributed by atoms with van der Waals surface area (Å²) in [6, 6.07) is 9.85. The molecule has 3 aliphatic rings. The molecule has 6 heterocycles. The Balaban J connectivity index is 1.07. The Morgan fingerprint density at radius 3 is 2.55 bits per heavy atom. The number of hydrogen-bond acceptors (Lipinski definition) is 9. The number of pyridine rings is 2. The molecule has 0 saturated carbocycles. The minimum absolute atomic E-state index is 0.00215. The highest BCUT2D eigenvalue weighted by Crippen LogP contribution is 2.29. The third-order valence-corrected chi connectivity index (χ3v) is 7.74. The highest BCUT2D eigenvalue weighted by Gasteiger charge is 2.35. The Morgan fingerprint density at radius 2 is 1.87 bits per heavy atom. The summed E-state index contributed by atoms with van der Waals surface area (Å²) in [5.74, 6) is 0.563. The topological polar surface area (TPSA) is 102 Å². The molecule has 0 radical (unpaired) electrons. The molecule has 0 amide bonds. The van der Waals surface area contributed by atoms with Gasteiger partial charge in [0.2, 0.25) is 0 Å². The van der Waals surface area contributed by atoms with E-state index in [1.54, 1.807) is 6.07 Å². The Labute approximate surface area is 222 Å². The Bertz CT molecular complexity index is 1340. The van der Waals surface area contributed by atoms with Crippen molar-refractivity contribution < 1.29 is 9.13 Å². The van der Waals surface area contributed by atoms with Crippen molar-refractivity contribution in [2.45, 2.75) is 31.6 Å². The molecule has 200 valence electrons. The van der Waals surface area contributed by atoms with Crippen LogP contribution in [0.4, 0.5) is 21.6 Å². The van der Waals surface area contributed by atoms with Crippen LogP contribution in [0.25, 0.3) is 5.52 Å². The van der Waals surface area contributed by atoms with Crippen molar-refractivity contribution in [2.24, 2.45) is 5.73 Å². The molecule has 3 saturated heterocycles. The summed E-state index contributed by atoms with van der Waals surface area (Å²) in [5, 5.41) is 13.5. The largest absolute Gasteiger partial charge is 0.370 e. The molecule has 3 aliphatic heterocycles. The number of nitrogens with two attached hydrogens (primary N) is 1. The van der Waals surface area contributed by atoms with Gasteiger partial charge in [-0.1, -0.05) is 0 Å². The first-order chi connectivity index (χ1) is 18.3. The van der Waals surface area contributed by atoms with Crippen LogP contribution in [0.2, 0.25) is 0 Å². The molecule has 2 atom stereocenters. The normalized spacial score (nSPS) is 23.9. The number of nitrogens with zero attached hydrogens (tertiary/aromatic N) is 8. The van der Waals surface area contributed by atoms with E-state index in [9.17, 15) is 9.65 Å². The lowest BCUT2D eigenvalue weighted by molar-refractivity contribution is -0.0327. The number of halogens is 1. The maximum atomic E-state index is 14.7. The zero-order valence-corrected chi connectivity index (χ0v) is 21.9. The van der Waals surface area contributed by atoms with E-state index >= 15 is 0 Å². The van der Waals surface area contributed by atoms with Crippen LogP contribution in [-0.4, -0.2) is 96.1 Å². The number of anilines is 3. The minimum atomic E-state index is -0.422. The average Bonchev–Trinajstić information content (AvgIpc) is 3.28. The van der Waals surface area contributed by atoms with Gasteiger partial charge in [-0.3, -0.25) is 4.90 Å². The van der Waals surface area contributed by atoms with Gasteiger partial charge in [-0.2, -0.15) is 10.4 Å². The SMILES string of the molecule is CC1CN(c2ccc(C#N)n3ncc(F)c23)CC(CN2CCN(c3ccc(N4CC(C)(N)C4)nc3)CC2)O1. The van der Waals surface area contributed by atoms with Gasteiger partial charge in [0.25, 0.3) is 0 Å². The molecule has 10 nitrogen and oxygen atoms in total. The fraction of sp³-hybridized carbons (Fsp3) is 0.519. The maximum Gasteiger partial charge on any atom is 0.171 e. The van der Waals surface area contributed by atoms with Gasteiger partial charge in [-0.15, -0.1) is 0 Å². The molecular weight excluding hydrogens is 485 g/mol. The second-order valence-electron chi connectivity index (χ2n) is 11.1. The molecule has 3 fully saturated rings. The van der Waals surface area contributed by atoms with Crippen molar-refractivity contribution in [1.82, 2.24) is 19.5 Å². The standard InChI is InChI=1S/C27H34FN9O/c1-19-14-35(24-5-3-20(11-29)37-26(24)23(28)13-32-37)16-22(38-19)15-33-7-9-34(10-8-33)21-4-6-25(31-12-21)36-17-27(2,30)18-36/h3-6,12-13,19,22H,7-10,14-18,30H2,1-2H3. The number of nitriles is 1. The molecule has 11 heteroatoms. The summed E-state index contributed by atoms with van der Waals surface area (Å²) >= 11 is 0. The summed E-state index contributed by atoms with van der Waals surface area (Å²) < 4.78 is 22.3. The van der Waals surface area contributed by atoms with Crippen LogP contribution < -0.4 is 20.4 Å². The molecule has 38 heavy (non-hydrogen) atoms. The molecular formula is C27H34FN9O. The number of ether oxygens (including phenoxy) is 1. The summed E-state index contributed by atoms with van der Waals surface area (Å²) in [5.41, 5.74) is 8.56. The predicted molar refractivity (Wildman–Crippen MR) is 144 cm³/mol. The van der Waals surface area contributed by atoms with Crippen LogP contribution in [0.3, 0.4) is 0 Å². The lowest BCUT2D eigenvalue weighted by Crippen LogP contribution is -2.65. The van der Waals surface area contributed by atoms with Gasteiger partial charge < -0.3 is 25.2 Å². The van der Waals surface area contributed by atoms with Crippen molar-refractivity contribution in [1.29, 1.82) is 5.26 Å². The molecule has 2 N–H and O–H groups in total. The predicted octanol–water partition coefficient (Wildman–Crippen LogP) is 1.69. The number of piperazine rings is 1. The number of aromatic nitrogens is 3. The number of morpholine rings is 1. The molecule has 2 unspecified atom stereocenters. The lowest BCUT2D eigenvalue weighted by Gasteiger charge is -2.46. The molecule has 3 aromatic rings. The van der Waals surface area contributed by atoms with Gasteiger partial charge in [0.1, 0.15) is 23.1 Å². The highest BCUT2D eigenvalue weighted by molar-refractivity contribution is 5.74. The van der Waals surface area contributed by atoms with Crippen LogP contribution in [-0.2, 0) is 4.74 Å². The highest BCUT2D eigenvalue weighted by atomic mass is 19.1. The van der Waals surface area contributed by atoms with E-state index < -0.39 is 5.82 Å². The minimum Gasteiger partial charge on any atom is -0.370 e.